The van der Waals surface area contributed by atoms with Crippen LogP contribution in [0, 0.1) is 19.8 Å². The molecule has 0 unspecified atom stereocenters. The summed E-state index contributed by atoms with van der Waals surface area (Å²) in [5.74, 6) is -1.60. The lowest BCUT2D eigenvalue weighted by Crippen LogP contribution is -2.24. The fraction of sp³-hybridized carbons (Fsp3) is 0.188. The van der Waals surface area contributed by atoms with Crippen LogP contribution in [0.4, 0.5) is 21.6 Å². The number of amides is 2. The van der Waals surface area contributed by atoms with Crippen molar-refractivity contribution in [2.75, 3.05) is 22.6 Å². The highest BCUT2D eigenvalue weighted by atomic mass is 19.1. The lowest BCUT2D eigenvalue weighted by atomic mass is 10.0. The van der Waals surface area contributed by atoms with Crippen molar-refractivity contribution in [1.82, 2.24) is 19.3 Å². The lowest BCUT2D eigenvalue weighted by Gasteiger charge is -2.22. The highest BCUT2D eigenvalue weighted by molar-refractivity contribution is 6.07. The molecule has 5 rings (SSSR count). The summed E-state index contributed by atoms with van der Waals surface area (Å²) in [6, 6.07) is 15.0. The molecular weight excluding hydrogens is 581 g/mol. The fourth-order valence-electron chi connectivity index (χ4n) is 4.93. The highest BCUT2D eigenvalue weighted by Gasteiger charge is 2.21. The Morgan fingerprint density at radius 2 is 1.78 bits per heavy atom. The van der Waals surface area contributed by atoms with Crippen molar-refractivity contribution in [2.45, 2.75) is 20.4 Å². The van der Waals surface area contributed by atoms with Crippen molar-refractivity contribution >= 4 is 35.3 Å². The van der Waals surface area contributed by atoms with Gasteiger partial charge in [0.1, 0.15) is 11.5 Å². The molecule has 0 aliphatic carbocycles. The molecule has 13 heteroatoms. The van der Waals surface area contributed by atoms with E-state index < -0.39 is 17.8 Å². The van der Waals surface area contributed by atoms with Gasteiger partial charge in [0, 0.05) is 61.4 Å². The summed E-state index contributed by atoms with van der Waals surface area (Å²) >= 11 is 0. The topological polar surface area (TPSA) is 144 Å². The van der Waals surface area contributed by atoms with E-state index in [1.165, 1.54) is 30.2 Å². The number of nitrogens with one attached hydrogen (secondary N) is 2. The van der Waals surface area contributed by atoms with Crippen molar-refractivity contribution in [2.24, 2.45) is 14.1 Å². The molecule has 2 N–H and O–H groups in total. The molecule has 2 aromatic carbocycles. The molecule has 0 spiro atoms. The number of aromatic nitrogens is 4. The first-order chi connectivity index (χ1) is 21.5. The van der Waals surface area contributed by atoms with E-state index in [9.17, 15) is 23.6 Å². The normalized spacial score (nSPS) is 10.9. The standard InChI is InChI=1S/C32H30FN7O5/c1-18-13-22(16-41)25(15-38(3)24-11-9-20(10-12-24)26-19(2)45-40(5)32(26)44)27(35-18)31(43)36-23-8-6-7-21(14-23)30(42)37-29-28(33)39(4)17-34-29/h6-14,16-17H,15H2,1-5H3,(H,36,43)(H,37,42). The van der Waals surface area contributed by atoms with Gasteiger partial charge < -0.3 is 24.6 Å². The van der Waals surface area contributed by atoms with E-state index in [4.69, 9.17) is 4.52 Å². The van der Waals surface area contributed by atoms with E-state index >= 15 is 0 Å². The minimum Gasteiger partial charge on any atom is -0.381 e. The van der Waals surface area contributed by atoms with Crippen LogP contribution in [0.25, 0.3) is 11.1 Å². The first-order valence-corrected chi connectivity index (χ1v) is 13.8. The third-order valence-electron chi connectivity index (χ3n) is 7.23. The van der Waals surface area contributed by atoms with Crippen LogP contribution in [0.5, 0.6) is 0 Å². The number of hydrogen-bond acceptors (Lipinski definition) is 8. The van der Waals surface area contributed by atoms with Crippen LogP contribution in [-0.4, -0.2) is 44.4 Å². The van der Waals surface area contributed by atoms with Gasteiger partial charge in [-0.05, 0) is 55.8 Å². The van der Waals surface area contributed by atoms with Gasteiger partial charge in [-0.2, -0.15) is 9.13 Å². The van der Waals surface area contributed by atoms with E-state index in [1.54, 1.807) is 58.3 Å². The number of halogens is 1. The number of imidazole rings is 1. The molecule has 0 atom stereocenters. The van der Waals surface area contributed by atoms with Gasteiger partial charge in [-0.15, -0.1) is 0 Å². The van der Waals surface area contributed by atoms with E-state index in [1.807, 2.05) is 17.0 Å². The van der Waals surface area contributed by atoms with E-state index in [2.05, 4.69) is 20.6 Å². The average molecular weight is 612 g/mol. The Labute approximate surface area is 257 Å². The number of anilines is 3. The maximum absolute atomic E-state index is 14.1. The number of rotatable bonds is 9. The largest absolute Gasteiger partial charge is 0.381 e. The van der Waals surface area contributed by atoms with Crippen LogP contribution in [0.3, 0.4) is 0 Å². The number of aldehydes is 1. The third-order valence-corrected chi connectivity index (χ3v) is 7.23. The quantitative estimate of drug-likeness (QED) is 0.232. The van der Waals surface area contributed by atoms with Gasteiger partial charge in [0.05, 0.1) is 11.9 Å². The molecule has 230 valence electrons. The number of nitrogens with zero attached hydrogens (tertiary/aromatic N) is 5. The van der Waals surface area contributed by atoms with Gasteiger partial charge in [-0.1, -0.05) is 18.2 Å². The Balaban J connectivity index is 1.37. The van der Waals surface area contributed by atoms with Gasteiger partial charge in [-0.3, -0.25) is 19.2 Å². The van der Waals surface area contributed by atoms with Crippen molar-refractivity contribution in [3.8, 4) is 11.1 Å². The van der Waals surface area contributed by atoms with Crippen molar-refractivity contribution in [3.05, 3.63) is 111 Å². The van der Waals surface area contributed by atoms with Crippen LogP contribution in [0.2, 0.25) is 0 Å². The molecule has 45 heavy (non-hydrogen) atoms. The summed E-state index contributed by atoms with van der Waals surface area (Å²) in [5, 5.41) is 5.16. The van der Waals surface area contributed by atoms with Gasteiger partial charge in [-0.25, -0.2) is 9.97 Å². The van der Waals surface area contributed by atoms with Gasteiger partial charge >= 0.3 is 0 Å². The first kappa shape index (κ1) is 30.6. The molecule has 3 aromatic heterocycles. The Hall–Kier alpha value is -5.85. The van der Waals surface area contributed by atoms with E-state index in [0.29, 0.717) is 45.7 Å². The summed E-state index contributed by atoms with van der Waals surface area (Å²) in [5.41, 5.74) is 3.38. The summed E-state index contributed by atoms with van der Waals surface area (Å²) in [6.45, 7) is 3.57. The fourth-order valence-corrected chi connectivity index (χ4v) is 4.93. The predicted octanol–water partition coefficient (Wildman–Crippen LogP) is 4.48. The predicted molar refractivity (Wildman–Crippen MR) is 166 cm³/mol. The Morgan fingerprint density at radius 1 is 1.04 bits per heavy atom. The van der Waals surface area contributed by atoms with Crippen LogP contribution in [0.15, 0.2) is 70.2 Å². The monoisotopic (exact) mass is 611 g/mol. The maximum Gasteiger partial charge on any atom is 0.290 e. The van der Waals surface area contributed by atoms with Gasteiger partial charge in [0.15, 0.2) is 12.1 Å². The average Bonchev–Trinajstić information content (AvgIpc) is 3.47. The summed E-state index contributed by atoms with van der Waals surface area (Å²) in [6.07, 6.45) is 1.91. The van der Waals surface area contributed by atoms with Crippen LogP contribution >= 0.6 is 0 Å². The number of carbonyl (C=O) groups is 3. The molecule has 0 radical (unpaired) electrons. The lowest BCUT2D eigenvalue weighted by molar-refractivity contribution is 0.101. The van der Waals surface area contributed by atoms with Crippen molar-refractivity contribution < 1.29 is 23.3 Å². The second kappa shape index (κ2) is 12.4. The van der Waals surface area contributed by atoms with E-state index in [-0.39, 0.29) is 29.2 Å². The molecule has 12 nitrogen and oxygen atoms in total. The second-order valence-electron chi connectivity index (χ2n) is 10.5. The summed E-state index contributed by atoms with van der Waals surface area (Å²) in [4.78, 5) is 61.0. The number of hydrogen-bond donors (Lipinski definition) is 2. The smallest absolute Gasteiger partial charge is 0.290 e. The molecule has 0 saturated heterocycles. The number of aryl methyl sites for hydroxylation is 4. The van der Waals surface area contributed by atoms with Gasteiger partial charge in [0.2, 0.25) is 5.95 Å². The molecule has 0 bridgehead atoms. The SMILES string of the molecule is Cc1cc(C=O)c(CN(C)c2ccc(-c3c(C)on(C)c3=O)cc2)c(C(=O)Nc2cccc(C(=O)Nc3ncn(C)c3F)c2)n1. The molecule has 5 aromatic rings. The molecule has 2 amide bonds. The van der Waals surface area contributed by atoms with Crippen LogP contribution in [0.1, 0.15) is 48.2 Å². The highest BCUT2D eigenvalue weighted by Crippen LogP contribution is 2.26. The molecule has 0 fully saturated rings. The number of benzene rings is 2. The number of carbonyl (C=O) groups excluding carboxylic acids is 3. The van der Waals surface area contributed by atoms with Crippen LogP contribution in [-0.2, 0) is 20.6 Å². The Morgan fingerprint density at radius 3 is 2.40 bits per heavy atom. The minimum atomic E-state index is -0.698. The Bertz CT molecular complexity index is 1990. The molecule has 0 aliphatic heterocycles. The van der Waals surface area contributed by atoms with Crippen molar-refractivity contribution in [1.29, 1.82) is 0 Å². The zero-order valence-corrected chi connectivity index (χ0v) is 25.2. The Kier molecular flexibility index (Phi) is 8.44. The molecular formula is C32H30FN7O5. The van der Waals surface area contributed by atoms with Crippen LogP contribution < -0.4 is 21.1 Å². The second-order valence-corrected chi connectivity index (χ2v) is 10.5. The zero-order chi connectivity index (χ0) is 32.4. The minimum absolute atomic E-state index is 0.0449. The zero-order valence-electron chi connectivity index (χ0n) is 25.2. The molecule has 0 aliphatic rings. The maximum atomic E-state index is 14.1. The number of pyridine rings is 1. The first-order valence-electron chi connectivity index (χ1n) is 13.8. The molecule has 3 heterocycles. The third kappa shape index (κ3) is 6.27. The summed E-state index contributed by atoms with van der Waals surface area (Å²) < 4.78 is 21.8. The van der Waals surface area contributed by atoms with E-state index in [0.717, 1.165) is 10.3 Å². The van der Waals surface area contributed by atoms with Crippen molar-refractivity contribution in [3.63, 3.8) is 0 Å². The molecule has 0 saturated carbocycles. The van der Waals surface area contributed by atoms with Gasteiger partial charge in [0.25, 0.3) is 17.4 Å². The summed E-state index contributed by atoms with van der Waals surface area (Å²) in [7, 11) is 4.81.